The van der Waals surface area contributed by atoms with Gasteiger partial charge in [-0.1, -0.05) is 0 Å². The Morgan fingerprint density at radius 1 is 1.33 bits per heavy atom. The molecule has 8 heteroatoms. The smallest absolute Gasteiger partial charge is 0.337 e. The van der Waals surface area contributed by atoms with Crippen LogP contribution >= 0.6 is 0 Å². The largest absolute Gasteiger partial charge is 0.478 e. The molecule has 5 N–H and O–H groups in total. The molecule has 0 aliphatic rings. The van der Waals surface area contributed by atoms with E-state index < -0.39 is 18.0 Å². The molecule has 0 heterocycles. The van der Waals surface area contributed by atoms with Crippen LogP contribution in [-0.4, -0.2) is 42.6 Å². The highest BCUT2D eigenvalue weighted by Crippen LogP contribution is 2.21. The van der Waals surface area contributed by atoms with E-state index in [-0.39, 0.29) is 23.7 Å². The molecule has 0 radical (unpaired) electrons. The van der Waals surface area contributed by atoms with E-state index >= 15 is 0 Å². The summed E-state index contributed by atoms with van der Waals surface area (Å²) in [4.78, 5) is 34.0. The third-order valence-corrected chi connectivity index (χ3v) is 2.62. The van der Waals surface area contributed by atoms with Crippen LogP contribution in [0.25, 0.3) is 0 Å². The number of ether oxygens (including phenoxy) is 1. The van der Waals surface area contributed by atoms with Crippen LogP contribution in [0.1, 0.15) is 17.3 Å². The molecule has 0 saturated heterocycles. The Balaban J connectivity index is 3.04. The third kappa shape index (κ3) is 4.55. The lowest BCUT2D eigenvalue weighted by molar-refractivity contribution is -0.125. The topological polar surface area (TPSA) is 131 Å². The number of rotatable bonds is 6. The van der Waals surface area contributed by atoms with Crippen LogP contribution in [0.5, 0.6) is 0 Å². The standard InChI is InChI=1S/C13H17N3O5/c1-7(17)15-8-3-4-10(9(5-8)13(19)20)16-12(18)11(6-14)21-2/h3-5,11H,6,14H2,1-2H3,(H,15,17)(H,16,18)(H,19,20). The van der Waals surface area contributed by atoms with Gasteiger partial charge in [-0.3, -0.25) is 9.59 Å². The van der Waals surface area contributed by atoms with E-state index in [2.05, 4.69) is 10.6 Å². The van der Waals surface area contributed by atoms with E-state index in [0.29, 0.717) is 5.69 Å². The van der Waals surface area contributed by atoms with E-state index in [1.807, 2.05) is 0 Å². The first kappa shape index (κ1) is 16.6. The van der Waals surface area contributed by atoms with Crippen LogP contribution in [0.3, 0.4) is 0 Å². The highest BCUT2D eigenvalue weighted by atomic mass is 16.5. The van der Waals surface area contributed by atoms with Gasteiger partial charge in [0.25, 0.3) is 5.91 Å². The number of hydrogen-bond donors (Lipinski definition) is 4. The lowest BCUT2D eigenvalue weighted by atomic mass is 10.1. The fourth-order valence-corrected chi connectivity index (χ4v) is 1.63. The molecule has 1 rings (SSSR count). The minimum atomic E-state index is -1.24. The monoisotopic (exact) mass is 295 g/mol. The molecule has 1 aromatic rings. The number of methoxy groups -OCH3 is 1. The van der Waals surface area contributed by atoms with Crippen LogP contribution in [0.2, 0.25) is 0 Å². The van der Waals surface area contributed by atoms with Crippen LogP contribution in [-0.2, 0) is 14.3 Å². The Morgan fingerprint density at radius 3 is 2.48 bits per heavy atom. The number of anilines is 2. The molecule has 0 saturated carbocycles. The average molecular weight is 295 g/mol. The average Bonchev–Trinajstić information content (AvgIpc) is 2.41. The molecule has 1 atom stereocenters. The molecule has 0 aliphatic carbocycles. The Kier molecular flexibility index (Phi) is 5.82. The predicted octanol–water partition coefficient (Wildman–Crippen LogP) is 0.255. The second-order valence-corrected chi connectivity index (χ2v) is 4.20. The van der Waals surface area contributed by atoms with Crippen LogP contribution in [0.4, 0.5) is 11.4 Å². The molecule has 2 amide bonds. The lowest BCUT2D eigenvalue weighted by Crippen LogP contribution is -2.36. The molecular formula is C13H17N3O5. The van der Waals surface area contributed by atoms with Crippen molar-refractivity contribution in [3.8, 4) is 0 Å². The van der Waals surface area contributed by atoms with Crippen LogP contribution in [0.15, 0.2) is 18.2 Å². The summed E-state index contributed by atoms with van der Waals surface area (Å²) in [6, 6.07) is 4.12. The number of benzene rings is 1. The van der Waals surface area contributed by atoms with Gasteiger partial charge in [-0.25, -0.2) is 4.79 Å². The number of carboxylic acid groups (broad SMARTS) is 1. The predicted molar refractivity (Wildman–Crippen MR) is 76.2 cm³/mol. The molecule has 1 aromatic carbocycles. The third-order valence-electron chi connectivity index (χ3n) is 2.62. The number of aromatic carboxylic acids is 1. The molecule has 21 heavy (non-hydrogen) atoms. The minimum absolute atomic E-state index is 0.0330. The normalized spacial score (nSPS) is 11.6. The maximum Gasteiger partial charge on any atom is 0.337 e. The van der Waals surface area contributed by atoms with Crippen molar-refractivity contribution in [2.45, 2.75) is 13.0 Å². The van der Waals surface area contributed by atoms with Gasteiger partial charge in [0.15, 0.2) is 0 Å². The maximum atomic E-state index is 11.8. The van der Waals surface area contributed by atoms with Gasteiger partial charge in [0.1, 0.15) is 6.10 Å². The first-order chi connectivity index (χ1) is 9.88. The minimum Gasteiger partial charge on any atom is -0.478 e. The molecule has 114 valence electrons. The fourth-order valence-electron chi connectivity index (χ4n) is 1.63. The van der Waals surface area contributed by atoms with Gasteiger partial charge in [0, 0.05) is 26.3 Å². The number of nitrogens with two attached hydrogens (primary N) is 1. The zero-order valence-corrected chi connectivity index (χ0v) is 11.7. The summed E-state index contributed by atoms with van der Waals surface area (Å²) in [5.74, 6) is -2.11. The molecule has 8 nitrogen and oxygen atoms in total. The summed E-state index contributed by atoms with van der Waals surface area (Å²) in [6.07, 6.45) is -0.873. The van der Waals surface area contributed by atoms with Crippen molar-refractivity contribution in [1.29, 1.82) is 0 Å². The number of carbonyl (C=O) groups is 3. The van der Waals surface area contributed by atoms with Crippen molar-refractivity contribution in [3.63, 3.8) is 0 Å². The quantitative estimate of drug-likeness (QED) is 0.595. The van der Waals surface area contributed by atoms with Crippen molar-refractivity contribution in [2.75, 3.05) is 24.3 Å². The number of hydrogen-bond acceptors (Lipinski definition) is 5. The molecule has 0 aromatic heterocycles. The Hall–Kier alpha value is -2.45. The van der Waals surface area contributed by atoms with Gasteiger partial charge in [-0.2, -0.15) is 0 Å². The summed E-state index contributed by atoms with van der Waals surface area (Å²) >= 11 is 0. The summed E-state index contributed by atoms with van der Waals surface area (Å²) in [5.41, 5.74) is 5.63. The van der Waals surface area contributed by atoms with Gasteiger partial charge in [-0.05, 0) is 18.2 Å². The van der Waals surface area contributed by atoms with Crippen molar-refractivity contribution >= 4 is 29.2 Å². The van der Waals surface area contributed by atoms with E-state index in [1.54, 1.807) is 0 Å². The van der Waals surface area contributed by atoms with Crippen molar-refractivity contribution in [3.05, 3.63) is 23.8 Å². The number of carbonyl (C=O) groups excluding carboxylic acids is 2. The van der Waals surface area contributed by atoms with Crippen LogP contribution < -0.4 is 16.4 Å². The van der Waals surface area contributed by atoms with Crippen molar-refractivity contribution in [2.24, 2.45) is 5.73 Å². The first-order valence-electron chi connectivity index (χ1n) is 6.07. The Bertz CT molecular complexity index is 555. The van der Waals surface area contributed by atoms with Crippen molar-refractivity contribution < 1.29 is 24.2 Å². The molecule has 0 fully saturated rings. The summed E-state index contributed by atoms with van der Waals surface area (Å²) < 4.78 is 4.87. The van der Waals surface area contributed by atoms with Gasteiger partial charge in [0.2, 0.25) is 5.91 Å². The highest BCUT2D eigenvalue weighted by molar-refractivity contribution is 6.03. The summed E-state index contributed by atoms with van der Waals surface area (Å²) in [6.45, 7) is 1.27. The second kappa shape index (κ2) is 7.36. The fraction of sp³-hybridized carbons (Fsp3) is 0.308. The highest BCUT2D eigenvalue weighted by Gasteiger charge is 2.19. The molecular weight excluding hydrogens is 278 g/mol. The molecule has 0 bridgehead atoms. The first-order valence-corrected chi connectivity index (χ1v) is 6.07. The van der Waals surface area contributed by atoms with Crippen molar-refractivity contribution in [1.82, 2.24) is 0 Å². The lowest BCUT2D eigenvalue weighted by Gasteiger charge is -2.15. The van der Waals surface area contributed by atoms with Gasteiger partial charge in [-0.15, -0.1) is 0 Å². The zero-order valence-electron chi connectivity index (χ0n) is 11.7. The molecule has 0 spiro atoms. The summed E-state index contributed by atoms with van der Waals surface area (Å²) in [5, 5.41) is 14.1. The molecule has 1 unspecified atom stereocenters. The summed E-state index contributed by atoms with van der Waals surface area (Å²) in [7, 11) is 1.33. The maximum absolute atomic E-state index is 11.8. The zero-order chi connectivity index (χ0) is 16.0. The van der Waals surface area contributed by atoms with E-state index in [1.165, 1.54) is 32.2 Å². The van der Waals surface area contributed by atoms with Crippen LogP contribution in [0, 0.1) is 0 Å². The Morgan fingerprint density at radius 2 is 2.00 bits per heavy atom. The van der Waals surface area contributed by atoms with Gasteiger partial charge in [0.05, 0.1) is 11.3 Å². The van der Waals surface area contributed by atoms with E-state index in [4.69, 9.17) is 10.5 Å². The second-order valence-electron chi connectivity index (χ2n) is 4.20. The Labute approximate surface area is 121 Å². The molecule has 0 aliphatic heterocycles. The number of amides is 2. The number of nitrogens with one attached hydrogen (secondary N) is 2. The van der Waals surface area contributed by atoms with E-state index in [0.717, 1.165) is 0 Å². The SMILES string of the molecule is COC(CN)C(=O)Nc1ccc(NC(C)=O)cc1C(=O)O. The van der Waals surface area contributed by atoms with E-state index in [9.17, 15) is 19.5 Å². The van der Waals surface area contributed by atoms with Gasteiger partial charge >= 0.3 is 5.97 Å². The van der Waals surface area contributed by atoms with Gasteiger partial charge < -0.3 is 26.2 Å². The number of carboxylic acids is 1.